The molecule has 2 heteroatoms. The first-order chi connectivity index (χ1) is 8.31. The number of rotatable bonds is 4. The van der Waals surface area contributed by atoms with E-state index in [2.05, 4.69) is 12.2 Å². The Balaban J connectivity index is 1.84. The van der Waals surface area contributed by atoms with Gasteiger partial charge in [-0.1, -0.05) is 26.2 Å². The fraction of sp³-hybridized carbons (Fsp3) is 0.933. The molecule has 1 saturated heterocycles. The van der Waals surface area contributed by atoms with Gasteiger partial charge in [-0.15, -0.1) is 0 Å². The molecule has 1 aliphatic heterocycles. The third kappa shape index (κ3) is 3.54. The summed E-state index contributed by atoms with van der Waals surface area (Å²) >= 11 is 0. The molecule has 0 aromatic rings. The van der Waals surface area contributed by atoms with Crippen molar-refractivity contribution in [1.29, 1.82) is 0 Å². The molecule has 2 nitrogen and oxygen atoms in total. The minimum absolute atomic E-state index is 0.406. The number of piperidine rings is 1. The van der Waals surface area contributed by atoms with E-state index >= 15 is 0 Å². The summed E-state index contributed by atoms with van der Waals surface area (Å²) < 4.78 is 0. The largest absolute Gasteiger partial charge is 0.317 e. The lowest BCUT2D eigenvalue weighted by atomic mass is 9.73. The van der Waals surface area contributed by atoms with E-state index in [0.29, 0.717) is 23.5 Å². The summed E-state index contributed by atoms with van der Waals surface area (Å²) in [5, 5.41) is 3.38. The molecule has 0 aromatic carbocycles. The topological polar surface area (TPSA) is 29.1 Å². The van der Waals surface area contributed by atoms with E-state index in [-0.39, 0.29) is 0 Å². The molecule has 2 rings (SSSR count). The molecule has 98 valence electrons. The zero-order chi connectivity index (χ0) is 12.1. The maximum absolute atomic E-state index is 12.4. The first kappa shape index (κ1) is 13.1. The minimum atomic E-state index is 0.406. The molecule has 2 atom stereocenters. The van der Waals surface area contributed by atoms with Crippen molar-refractivity contribution >= 4 is 5.78 Å². The molecule has 0 aromatic heterocycles. The van der Waals surface area contributed by atoms with Crippen LogP contribution in [-0.2, 0) is 4.79 Å². The van der Waals surface area contributed by atoms with Crippen molar-refractivity contribution in [2.45, 2.75) is 58.3 Å². The van der Waals surface area contributed by atoms with Crippen LogP contribution >= 0.6 is 0 Å². The lowest BCUT2D eigenvalue weighted by Crippen LogP contribution is -2.32. The molecule has 17 heavy (non-hydrogen) atoms. The normalized spacial score (nSPS) is 31.4. The molecule has 1 N–H and O–H groups in total. The van der Waals surface area contributed by atoms with E-state index in [9.17, 15) is 4.79 Å². The second-order valence-electron chi connectivity index (χ2n) is 5.92. The van der Waals surface area contributed by atoms with E-state index in [1.54, 1.807) is 0 Å². The maximum atomic E-state index is 12.4. The average molecular weight is 237 g/mol. The summed E-state index contributed by atoms with van der Waals surface area (Å²) in [6.45, 7) is 4.47. The van der Waals surface area contributed by atoms with Crippen LogP contribution in [0.1, 0.15) is 58.3 Å². The second kappa shape index (κ2) is 6.53. The molecular formula is C15H27NO. The Hall–Kier alpha value is -0.370. The Morgan fingerprint density at radius 1 is 1.12 bits per heavy atom. The van der Waals surface area contributed by atoms with Crippen molar-refractivity contribution in [3.8, 4) is 0 Å². The van der Waals surface area contributed by atoms with Gasteiger partial charge in [0.05, 0.1) is 0 Å². The fourth-order valence-electron chi connectivity index (χ4n) is 3.64. The van der Waals surface area contributed by atoms with Crippen LogP contribution in [0.4, 0.5) is 0 Å². The monoisotopic (exact) mass is 237 g/mol. The number of ketones is 1. The number of nitrogens with one attached hydrogen (secondary N) is 1. The summed E-state index contributed by atoms with van der Waals surface area (Å²) in [4.78, 5) is 12.4. The number of carbonyl (C=O) groups is 1. The number of hydrogen-bond acceptors (Lipinski definition) is 2. The smallest absolute Gasteiger partial charge is 0.136 e. The van der Waals surface area contributed by atoms with Crippen LogP contribution in [0.25, 0.3) is 0 Å². The first-order valence-electron chi connectivity index (χ1n) is 7.54. The fourth-order valence-corrected chi connectivity index (χ4v) is 3.64. The zero-order valence-corrected chi connectivity index (χ0v) is 11.2. The van der Waals surface area contributed by atoms with Gasteiger partial charge in [-0.05, 0) is 50.6 Å². The Bertz CT molecular complexity index is 245. The molecule has 2 aliphatic rings. The predicted octanol–water partition coefficient (Wildman–Crippen LogP) is 3.16. The van der Waals surface area contributed by atoms with E-state index < -0.39 is 0 Å². The van der Waals surface area contributed by atoms with E-state index in [1.807, 2.05) is 0 Å². The number of Topliss-reactive ketones (excluding diaryl/α,β-unsaturated/α-hetero) is 1. The average Bonchev–Trinajstić information content (AvgIpc) is 2.40. The van der Waals surface area contributed by atoms with Crippen LogP contribution < -0.4 is 5.32 Å². The third-order valence-electron chi connectivity index (χ3n) is 4.80. The van der Waals surface area contributed by atoms with Gasteiger partial charge < -0.3 is 5.32 Å². The minimum Gasteiger partial charge on any atom is -0.317 e. The van der Waals surface area contributed by atoms with E-state index in [1.165, 1.54) is 44.9 Å². The Morgan fingerprint density at radius 2 is 1.82 bits per heavy atom. The van der Waals surface area contributed by atoms with E-state index in [4.69, 9.17) is 0 Å². The van der Waals surface area contributed by atoms with Gasteiger partial charge in [0.1, 0.15) is 5.78 Å². The van der Waals surface area contributed by atoms with Gasteiger partial charge >= 0.3 is 0 Å². The van der Waals surface area contributed by atoms with Crippen LogP contribution in [0.2, 0.25) is 0 Å². The van der Waals surface area contributed by atoms with Gasteiger partial charge in [0.2, 0.25) is 0 Å². The molecule has 2 unspecified atom stereocenters. The standard InChI is InChI=1S/C15H27NO/c1-2-13-5-3-4-6-14(13)15(17)11-12-7-9-16-10-8-12/h12-14,16H,2-11H2,1H3. The number of hydrogen-bond donors (Lipinski definition) is 1. The Labute approximate surface area is 106 Å². The Morgan fingerprint density at radius 3 is 2.53 bits per heavy atom. The van der Waals surface area contributed by atoms with Gasteiger partial charge in [0, 0.05) is 12.3 Å². The summed E-state index contributed by atoms with van der Waals surface area (Å²) in [7, 11) is 0. The van der Waals surface area contributed by atoms with Gasteiger partial charge in [0.15, 0.2) is 0 Å². The highest BCUT2D eigenvalue weighted by Crippen LogP contribution is 2.34. The van der Waals surface area contributed by atoms with Crippen LogP contribution in [0, 0.1) is 17.8 Å². The summed E-state index contributed by atoms with van der Waals surface area (Å²) in [6, 6.07) is 0. The third-order valence-corrected chi connectivity index (χ3v) is 4.80. The zero-order valence-electron chi connectivity index (χ0n) is 11.2. The maximum Gasteiger partial charge on any atom is 0.136 e. The highest BCUT2D eigenvalue weighted by Gasteiger charge is 2.30. The van der Waals surface area contributed by atoms with Crippen molar-refractivity contribution in [3.05, 3.63) is 0 Å². The Kier molecular flexibility index (Phi) is 5.02. The molecule has 2 fully saturated rings. The van der Waals surface area contributed by atoms with Gasteiger partial charge in [-0.3, -0.25) is 4.79 Å². The van der Waals surface area contributed by atoms with Crippen molar-refractivity contribution in [1.82, 2.24) is 5.32 Å². The summed E-state index contributed by atoms with van der Waals surface area (Å²) in [5.41, 5.74) is 0. The molecule has 0 bridgehead atoms. The van der Waals surface area contributed by atoms with Crippen LogP contribution in [0.15, 0.2) is 0 Å². The SMILES string of the molecule is CCC1CCCCC1C(=O)CC1CCNCC1. The quantitative estimate of drug-likeness (QED) is 0.813. The van der Waals surface area contributed by atoms with Crippen molar-refractivity contribution in [2.75, 3.05) is 13.1 Å². The lowest BCUT2D eigenvalue weighted by Gasteiger charge is -2.31. The van der Waals surface area contributed by atoms with E-state index in [0.717, 1.165) is 19.5 Å². The van der Waals surface area contributed by atoms with Crippen molar-refractivity contribution in [3.63, 3.8) is 0 Å². The first-order valence-corrected chi connectivity index (χ1v) is 7.54. The van der Waals surface area contributed by atoms with Crippen LogP contribution in [0.3, 0.4) is 0 Å². The molecule has 1 aliphatic carbocycles. The molecule has 1 heterocycles. The van der Waals surface area contributed by atoms with Crippen LogP contribution in [0.5, 0.6) is 0 Å². The highest BCUT2D eigenvalue weighted by molar-refractivity contribution is 5.81. The molecule has 1 saturated carbocycles. The molecular weight excluding hydrogens is 210 g/mol. The van der Waals surface area contributed by atoms with Crippen molar-refractivity contribution in [2.24, 2.45) is 17.8 Å². The number of carbonyl (C=O) groups excluding carboxylic acids is 1. The second-order valence-corrected chi connectivity index (χ2v) is 5.92. The molecule has 0 spiro atoms. The predicted molar refractivity (Wildman–Crippen MR) is 71.0 cm³/mol. The van der Waals surface area contributed by atoms with Gasteiger partial charge in [0.25, 0.3) is 0 Å². The van der Waals surface area contributed by atoms with Crippen molar-refractivity contribution < 1.29 is 4.79 Å². The molecule has 0 radical (unpaired) electrons. The molecule has 0 amide bonds. The van der Waals surface area contributed by atoms with Crippen LogP contribution in [-0.4, -0.2) is 18.9 Å². The summed E-state index contributed by atoms with van der Waals surface area (Å²) in [6.07, 6.45) is 9.55. The highest BCUT2D eigenvalue weighted by atomic mass is 16.1. The summed E-state index contributed by atoms with van der Waals surface area (Å²) in [5.74, 6) is 2.35. The van der Waals surface area contributed by atoms with Gasteiger partial charge in [-0.2, -0.15) is 0 Å². The lowest BCUT2D eigenvalue weighted by molar-refractivity contribution is -0.126. The van der Waals surface area contributed by atoms with Gasteiger partial charge in [-0.25, -0.2) is 0 Å².